The topological polar surface area (TPSA) is 84.5 Å². The lowest BCUT2D eigenvalue weighted by molar-refractivity contribution is -0.131. The molecule has 146 valence electrons. The molecule has 0 aromatic heterocycles. The van der Waals surface area contributed by atoms with Crippen LogP contribution in [0.25, 0.3) is 0 Å². The van der Waals surface area contributed by atoms with Crippen molar-refractivity contribution in [2.75, 3.05) is 5.32 Å². The summed E-state index contributed by atoms with van der Waals surface area (Å²) >= 11 is 0. The van der Waals surface area contributed by atoms with Crippen molar-refractivity contribution in [2.24, 2.45) is 5.92 Å². The molecule has 0 spiro atoms. The fourth-order valence-electron chi connectivity index (χ4n) is 2.40. The van der Waals surface area contributed by atoms with Crippen molar-refractivity contribution in [3.8, 4) is 5.75 Å². The standard InChI is InChI=1S/C22H24N2O4/c1-15(2)11-12-21(26)24-20-10-5-4-7-18(20)14-23-22(27)17-8-6-9-19(13-17)28-16(3)25/h4-13,15H,14H2,1-3H3,(H,23,27)(H,24,26)/b12-11+. The zero-order valence-corrected chi connectivity index (χ0v) is 16.2. The Morgan fingerprint density at radius 1 is 1.07 bits per heavy atom. The van der Waals surface area contributed by atoms with Crippen LogP contribution in [0.5, 0.6) is 5.75 Å². The number of carbonyl (C=O) groups excluding carboxylic acids is 3. The number of carbonyl (C=O) groups is 3. The Morgan fingerprint density at radius 2 is 1.82 bits per heavy atom. The molecule has 6 nitrogen and oxygen atoms in total. The molecule has 0 heterocycles. The van der Waals surface area contributed by atoms with Gasteiger partial charge in [-0.3, -0.25) is 14.4 Å². The molecule has 0 aliphatic carbocycles. The zero-order chi connectivity index (χ0) is 20.5. The number of hydrogen-bond acceptors (Lipinski definition) is 4. The Hall–Kier alpha value is -3.41. The second-order valence-electron chi connectivity index (χ2n) is 6.55. The van der Waals surface area contributed by atoms with E-state index in [0.29, 0.717) is 17.0 Å². The van der Waals surface area contributed by atoms with E-state index in [0.717, 1.165) is 5.56 Å². The third-order valence-electron chi connectivity index (χ3n) is 3.70. The fraction of sp³-hybridized carbons (Fsp3) is 0.227. The average molecular weight is 380 g/mol. The van der Waals surface area contributed by atoms with E-state index >= 15 is 0 Å². The molecule has 2 amide bonds. The predicted molar refractivity (Wildman–Crippen MR) is 108 cm³/mol. The fourth-order valence-corrected chi connectivity index (χ4v) is 2.40. The highest BCUT2D eigenvalue weighted by molar-refractivity contribution is 6.00. The van der Waals surface area contributed by atoms with Crippen LogP contribution in [-0.2, 0) is 16.1 Å². The number of hydrogen-bond donors (Lipinski definition) is 2. The molecule has 0 bridgehead atoms. The summed E-state index contributed by atoms with van der Waals surface area (Å²) in [4.78, 5) is 35.5. The summed E-state index contributed by atoms with van der Waals surface area (Å²) in [5.74, 6) is -0.391. The van der Waals surface area contributed by atoms with Gasteiger partial charge in [-0.15, -0.1) is 0 Å². The number of ether oxygens (including phenoxy) is 1. The molecule has 28 heavy (non-hydrogen) atoms. The minimum atomic E-state index is -0.450. The molecule has 2 aromatic rings. The maximum absolute atomic E-state index is 12.4. The number of nitrogens with one attached hydrogen (secondary N) is 2. The van der Waals surface area contributed by atoms with E-state index in [-0.39, 0.29) is 24.3 Å². The van der Waals surface area contributed by atoms with Gasteiger partial charge in [0.15, 0.2) is 0 Å². The molecule has 0 fully saturated rings. The molecule has 2 aromatic carbocycles. The van der Waals surface area contributed by atoms with Crippen LogP contribution in [0.3, 0.4) is 0 Å². The van der Waals surface area contributed by atoms with Gasteiger partial charge in [0, 0.05) is 24.7 Å². The Labute approximate surface area is 164 Å². The van der Waals surface area contributed by atoms with Crippen LogP contribution < -0.4 is 15.4 Å². The number of para-hydroxylation sites is 1. The van der Waals surface area contributed by atoms with Gasteiger partial charge in [-0.2, -0.15) is 0 Å². The van der Waals surface area contributed by atoms with Crippen molar-refractivity contribution < 1.29 is 19.1 Å². The molecule has 0 unspecified atom stereocenters. The van der Waals surface area contributed by atoms with E-state index in [1.807, 2.05) is 38.1 Å². The van der Waals surface area contributed by atoms with E-state index in [1.165, 1.54) is 19.1 Å². The third-order valence-corrected chi connectivity index (χ3v) is 3.70. The second kappa shape index (κ2) is 10.1. The van der Waals surface area contributed by atoms with Crippen molar-refractivity contribution in [2.45, 2.75) is 27.3 Å². The first-order valence-electron chi connectivity index (χ1n) is 8.99. The summed E-state index contributed by atoms with van der Waals surface area (Å²) < 4.78 is 5.00. The van der Waals surface area contributed by atoms with Gasteiger partial charge in [-0.1, -0.05) is 44.2 Å². The van der Waals surface area contributed by atoms with Gasteiger partial charge in [0.2, 0.25) is 5.91 Å². The quantitative estimate of drug-likeness (QED) is 0.436. The van der Waals surface area contributed by atoms with Gasteiger partial charge in [0.1, 0.15) is 5.75 Å². The van der Waals surface area contributed by atoms with Crippen molar-refractivity contribution in [3.05, 3.63) is 71.8 Å². The highest BCUT2D eigenvalue weighted by Crippen LogP contribution is 2.16. The van der Waals surface area contributed by atoms with Crippen LogP contribution in [-0.4, -0.2) is 17.8 Å². The molecule has 0 saturated carbocycles. The van der Waals surface area contributed by atoms with E-state index in [1.54, 1.807) is 24.3 Å². The number of esters is 1. The smallest absolute Gasteiger partial charge is 0.308 e. The molecule has 0 saturated heterocycles. The van der Waals surface area contributed by atoms with Gasteiger partial charge >= 0.3 is 5.97 Å². The first kappa shape index (κ1) is 20.9. The van der Waals surface area contributed by atoms with Crippen molar-refractivity contribution in [1.82, 2.24) is 5.32 Å². The zero-order valence-electron chi connectivity index (χ0n) is 16.2. The minimum Gasteiger partial charge on any atom is -0.427 e. The summed E-state index contributed by atoms with van der Waals surface area (Å²) in [5, 5.41) is 5.64. The predicted octanol–water partition coefficient (Wildman–Crippen LogP) is 3.69. The maximum Gasteiger partial charge on any atom is 0.308 e. The van der Waals surface area contributed by atoms with Crippen LogP contribution in [0.2, 0.25) is 0 Å². The number of amides is 2. The number of allylic oxidation sites excluding steroid dienone is 1. The summed E-state index contributed by atoms with van der Waals surface area (Å²) in [6.45, 7) is 5.52. The molecule has 0 aliphatic heterocycles. The first-order valence-corrected chi connectivity index (χ1v) is 8.99. The van der Waals surface area contributed by atoms with Crippen LogP contribution in [0, 0.1) is 5.92 Å². The van der Waals surface area contributed by atoms with Crippen molar-refractivity contribution in [3.63, 3.8) is 0 Å². The molecule has 0 aliphatic rings. The summed E-state index contributed by atoms with van der Waals surface area (Å²) in [6, 6.07) is 13.6. The highest BCUT2D eigenvalue weighted by Gasteiger charge is 2.10. The van der Waals surface area contributed by atoms with Crippen molar-refractivity contribution >= 4 is 23.5 Å². The molecule has 6 heteroatoms. The third kappa shape index (κ3) is 6.72. The van der Waals surface area contributed by atoms with Gasteiger partial charge in [-0.05, 0) is 41.8 Å². The van der Waals surface area contributed by atoms with Crippen molar-refractivity contribution in [1.29, 1.82) is 0 Å². The summed E-state index contributed by atoms with van der Waals surface area (Å²) in [7, 11) is 0. The van der Waals surface area contributed by atoms with Gasteiger partial charge < -0.3 is 15.4 Å². The Bertz CT molecular complexity index is 888. The lowest BCUT2D eigenvalue weighted by Crippen LogP contribution is -2.23. The van der Waals surface area contributed by atoms with Crippen LogP contribution in [0.4, 0.5) is 5.69 Å². The Balaban J connectivity index is 2.04. The molecule has 2 N–H and O–H groups in total. The maximum atomic E-state index is 12.4. The van der Waals surface area contributed by atoms with E-state index < -0.39 is 5.97 Å². The van der Waals surface area contributed by atoms with E-state index in [9.17, 15) is 14.4 Å². The lowest BCUT2D eigenvalue weighted by Gasteiger charge is -2.11. The van der Waals surface area contributed by atoms with E-state index in [4.69, 9.17) is 4.74 Å². The second-order valence-corrected chi connectivity index (χ2v) is 6.55. The molecule has 2 rings (SSSR count). The van der Waals surface area contributed by atoms with Gasteiger partial charge in [-0.25, -0.2) is 0 Å². The van der Waals surface area contributed by atoms with Crippen LogP contribution in [0.15, 0.2) is 60.7 Å². The average Bonchev–Trinajstić information content (AvgIpc) is 2.65. The SMILES string of the molecule is CC(=O)Oc1cccc(C(=O)NCc2ccccc2NC(=O)/C=C/C(C)C)c1. The first-order chi connectivity index (χ1) is 13.3. The summed E-state index contributed by atoms with van der Waals surface area (Å²) in [5.41, 5.74) is 1.79. The largest absolute Gasteiger partial charge is 0.427 e. The number of rotatable bonds is 7. The Morgan fingerprint density at radius 3 is 2.54 bits per heavy atom. The number of benzene rings is 2. The van der Waals surface area contributed by atoms with Crippen LogP contribution >= 0.6 is 0 Å². The van der Waals surface area contributed by atoms with Gasteiger partial charge in [0.05, 0.1) is 0 Å². The molecule has 0 atom stereocenters. The molecule has 0 radical (unpaired) electrons. The minimum absolute atomic E-state index is 0.221. The Kier molecular flexibility index (Phi) is 7.51. The monoisotopic (exact) mass is 380 g/mol. The van der Waals surface area contributed by atoms with Gasteiger partial charge in [0.25, 0.3) is 5.91 Å². The molecular formula is C22H24N2O4. The number of anilines is 1. The molecular weight excluding hydrogens is 356 g/mol. The lowest BCUT2D eigenvalue weighted by atomic mass is 10.1. The highest BCUT2D eigenvalue weighted by atomic mass is 16.5. The van der Waals surface area contributed by atoms with Crippen LogP contribution in [0.1, 0.15) is 36.7 Å². The van der Waals surface area contributed by atoms with E-state index in [2.05, 4.69) is 10.6 Å². The summed E-state index contributed by atoms with van der Waals surface area (Å²) in [6.07, 6.45) is 3.32. The normalized spacial score (nSPS) is 10.7.